The van der Waals surface area contributed by atoms with Crippen molar-refractivity contribution < 1.29 is 57.9 Å². The molecule has 0 heterocycles. The van der Waals surface area contributed by atoms with Crippen molar-refractivity contribution in [2.75, 3.05) is 26.4 Å². The van der Waals surface area contributed by atoms with Crippen LogP contribution >= 0.6 is 0 Å². The van der Waals surface area contributed by atoms with Gasteiger partial charge in [0, 0.05) is 26.1 Å². The highest BCUT2D eigenvalue weighted by Crippen LogP contribution is 2.21. The van der Waals surface area contributed by atoms with Crippen LogP contribution in [0.25, 0.3) is 0 Å². The second-order valence-corrected chi connectivity index (χ2v) is 12.1. The summed E-state index contributed by atoms with van der Waals surface area (Å²) in [5, 5.41) is 17.6. The lowest BCUT2D eigenvalue weighted by molar-refractivity contribution is -0.164. The molecule has 0 aliphatic rings. The van der Waals surface area contributed by atoms with Gasteiger partial charge in [0.1, 0.15) is 11.2 Å². The number of esters is 4. The second kappa shape index (κ2) is 23.5. The van der Waals surface area contributed by atoms with Crippen LogP contribution in [0.15, 0.2) is 0 Å². The van der Waals surface area contributed by atoms with E-state index in [2.05, 4.69) is 0 Å². The third-order valence-electron chi connectivity index (χ3n) is 6.74. The molecule has 0 radical (unpaired) electrons. The molecular weight excluding hydrogens is 576 g/mol. The lowest BCUT2D eigenvalue weighted by Crippen LogP contribution is -2.32. The Labute approximate surface area is 261 Å². The SMILES string of the molecule is CC(C)(CCCCCO)OC(=O)CCC(=O)C(=O)OCCCCCC(C)(C)OC(=O)C(=O)CCC(=O)OCCCCCCO. The summed E-state index contributed by atoms with van der Waals surface area (Å²) >= 11 is 0. The fourth-order valence-corrected chi connectivity index (χ4v) is 4.14. The molecule has 0 saturated heterocycles. The first-order valence-electron chi connectivity index (χ1n) is 15.8. The predicted octanol–water partition coefficient (Wildman–Crippen LogP) is 4.08. The third kappa shape index (κ3) is 22.6. The van der Waals surface area contributed by atoms with Gasteiger partial charge < -0.3 is 29.2 Å². The molecule has 0 fully saturated rings. The molecule has 0 aromatic heterocycles. The Morgan fingerprint density at radius 2 is 0.909 bits per heavy atom. The minimum absolute atomic E-state index is 0.0212. The van der Waals surface area contributed by atoms with Crippen LogP contribution in [0.5, 0.6) is 0 Å². The van der Waals surface area contributed by atoms with Crippen LogP contribution in [0.1, 0.15) is 130 Å². The molecule has 0 aromatic carbocycles. The van der Waals surface area contributed by atoms with Gasteiger partial charge in [-0.05, 0) is 91.9 Å². The zero-order chi connectivity index (χ0) is 33.4. The first-order valence-corrected chi connectivity index (χ1v) is 15.8. The van der Waals surface area contributed by atoms with Crippen molar-refractivity contribution in [3.05, 3.63) is 0 Å². The number of aliphatic hydroxyl groups is 2. The maximum absolute atomic E-state index is 12.2. The summed E-state index contributed by atoms with van der Waals surface area (Å²) in [6.07, 6.45) is 7.07. The summed E-state index contributed by atoms with van der Waals surface area (Å²) in [6, 6.07) is 0. The number of hydrogen-bond donors (Lipinski definition) is 2. The van der Waals surface area contributed by atoms with Crippen molar-refractivity contribution in [1.82, 2.24) is 0 Å². The predicted molar refractivity (Wildman–Crippen MR) is 160 cm³/mol. The highest BCUT2D eigenvalue weighted by molar-refractivity contribution is 6.34. The van der Waals surface area contributed by atoms with Crippen LogP contribution in [-0.4, -0.2) is 83.3 Å². The van der Waals surface area contributed by atoms with Crippen molar-refractivity contribution in [2.45, 2.75) is 142 Å². The highest BCUT2D eigenvalue weighted by atomic mass is 16.6. The number of aliphatic hydroxyl groups excluding tert-OH is 2. The average molecular weight is 631 g/mol. The van der Waals surface area contributed by atoms with Gasteiger partial charge in [-0.25, -0.2) is 9.59 Å². The minimum Gasteiger partial charge on any atom is -0.466 e. The number of rotatable bonds is 27. The summed E-state index contributed by atoms with van der Waals surface area (Å²) in [4.78, 5) is 72.1. The van der Waals surface area contributed by atoms with Crippen LogP contribution in [-0.2, 0) is 47.7 Å². The van der Waals surface area contributed by atoms with Gasteiger partial charge in [-0.3, -0.25) is 19.2 Å². The Morgan fingerprint density at radius 3 is 1.48 bits per heavy atom. The van der Waals surface area contributed by atoms with E-state index < -0.39 is 46.6 Å². The highest BCUT2D eigenvalue weighted by Gasteiger charge is 2.27. The molecule has 0 unspecified atom stereocenters. The van der Waals surface area contributed by atoms with Crippen molar-refractivity contribution in [3.63, 3.8) is 0 Å². The number of hydrogen-bond acceptors (Lipinski definition) is 12. The van der Waals surface area contributed by atoms with Gasteiger partial charge in [-0.1, -0.05) is 12.8 Å². The Bertz CT molecular complexity index is 894. The number of ketones is 2. The Balaban J connectivity index is 4.09. The van der Waals surface area contributed by atoms with Crippen molar-refractivity contribution in [2.24, 2.45) is 0 Å². The quantitative estimate of drug-likeness (QED) is 0.0575. The molecule has 0 rings (SSSR count). The van der Waals surface area contributed by atoms with Gasteiger partial charge >= 0.3 is 23.9 Å². The zero-order valence-corrected chi connectivity index (χ0v) is 27.1. The molecular formula is C32H54O12. The fourth-order valence-electron chi connectivity index (χ4n) is 4.14. The molecule has 0 saturated carbocycles. The topological polar surface area (TPSA) is 180 Å². The molecule has 12 nitrogen and oxygen atoms in total. The van der Waals surface area contributed by atoms with Crippen molar-refractivity contribution >= 4 is 35.4 Å². The number of carbonyl (C=O) groups excluding carboxylic acids is 6. The molecule has 0 atom stereocenters. The van der Waals surface area contributed by atoms with Gasteiger partial charge in [-0.2, -0.15) is 0 Å². The van der Waals surface area contributed by atoms with Crippen molar-refractivity contribution in [1.29, 1.82) is 0 Å². The van der Waals surface area contributed by atoms with Gasteiger partial charge in [0.25, 0.3) is 0 Å². The maximum Gasteiger partial charge on any atom is 0.375 e. The van der Waals surface area contributed by atoms with Gasteiger partial charge in [-0.15, -0.1) is 0 Å². The van der Waals surface area contributed by atoms with E-state index in [9.17, 15) is 28.8 Å². The normalized spacial score (nSPS) is 11.5. The molecule has 2 N–H and O–H groups in total. The van der Waals surface area contributed by atoms with Crippen LogP contribution in [0, 0.1) is 0 Å². The smallest absolute Gasteiger partial charge is 0.375 e. The maximum atomic E-state index is 12.2. The van der Waals surface area contributed by atoms with E-state index in [1.54, 1.807) is 27.7 Å². The summed E-state index contributed by atoms with van der Waals surface area (Å²) in [5.41, 5.74) is -1.62. The molecule has 0 aromatic rings. The first kappa shape index (κ1) is 41.1. The van der Waals surface area contributed by atoms with E-state index >= 15 is 0 Å². The standard InChI is InChI=1S/C32H54O12/c1-31(2,19-9-7-12-22-34)43-28(38)18-16-25(35)29(39)42-24-14-8-10-20-32(3,4)44-30(40)26(36)15-17-27(37)41-23-13-6-5-11-21-33/h33-34H,5-24H2,1-4H3. The molecule has 0 bridgehead atoms. The van der Waals surface area contributed by atoms with Crippen LogP contribution in [0.4, 0.5) is 0 Å². The van der Waals surface area contributed by atoms with E-state index in [1.807, 2.05) is 0 Å². The van der Waals surface area contributed by atoms with E-state index in [-0.39, 0.29) is 52.1 Å². The summed E-state index contributed by atoms with van der Waals surface area (Å²) < 4.78 is 20.8. The monoisotopic (exact) mass is 630 g/mol. The number of unbranched alkanes of at least 4 members (excludes halogenated alkanes) is 7. The molecule has 0 aliphatic carbocycles. The molecule has 0 aliphatic heterocycles. The van der Waals surface area contributed by atoms with Gasteiger partial charge in [0.05, 0.1) is 26.1 Å². The number of Topliss-reactive ketones (excluding diaryl/α,β-unsaturated/α-hetero) is 2. The first-order chi connectivity index (χ1) is 20.7. The second-order valence-electron chi connectivity index (χ2n) is 12.1. The molecule has 44 heavy (non-hydrogen) atoms. The van der Waals surface area contributed by atoms with E-state index in [1.165, 1.54) is 0 Å². The minimum atomic E-state index is -1.01. The van der Waals surface area contributed by atoms with Gasteiger partial charge in [0.2, 0.25) is 11.6 Å². The average Bonchev–Trinajstić information content (AvgIpc) is 2.95. The van der Waals surface area contributed by atoms with E-state index in [0.717, 1.165) is 25.7 Å². The zero-order valence-electron chi connectivity index (χ0n) is 27.1. The van der Waals surface area contributed by atoms with Crippen LogP contribution < -0.4 is 0 Å². The van der Waals surface area contributed by atoms with Gasteiger partial charge in [0.15, 0.2) is 0 Å². The molecule has 0 spiro atoms. The van der Waals surface area contributed by atoms with E-state index in [4.69, 9.17) is 29.2 Å². The number of carbonyl (C=O) groups is 6. The fraction of sp³-hybridized carbons (Fsp3) is 0.812. The van der Waals surface area contributed by atoms with E-state index in [0.29, 0.717) is 51.4 Å². The summed E-state index contributed by atoms with van der Waals surface area (Å²) in [6.45, 7) is 7.40. The summed E-state index contributed by atoms with van der Waals surface area (Å²) in [7, 11) is 0. The molecule has 0 amide bonds. The third-order valence-corrected chi connectivity index (χ3v) is 6.74. The Morgan fingerprint density at radius 1 is 0.477 bits per heavy atom. The number of ether oxygens (including phenoxy) is 4. The molecule has 12 heteroatoms. The largest absolute Gasteiger partial charge is 0.466 e. The lowest BCUT2D eigenvalue weighted by atomic mass is 10.00. The summed E-state index contributed by atoms with van der Waals surface area (Å²) in [5.74, 6) is -4.74. The van der Waals surface area contributed by atoms with Crippen LogP contribution in [0.3, 0.4) is 0 Å². The molecule has 254 valence electrons. The van der Waals surface area contributed by atoms with Crippen LogP contribution in [0.2, 0.25) is 0 Å². The Kier molecular flexibility index (Phi) is 22.0. The van der Waals surface area contributed by atoms with Crippen molar-refractivity contribution in [3.8, 4) is 0 Å². The lowest BCUT2D eigenvalue weighted by Gasteiger charge is -2.25. The Hall–Kier alpha value is -2.86.